The van der Waals surface area contributed by atoms with E-state index in [0.29, 0.717) is 25.6 Å². The molecule has 0 saturated carbocycles. The maximum Gasteiger partial charge on any atom is 0.317 e. The quantitative estimate of drug-likeness (QED) is 0.898. The van der Waals surface area contributed by atoms with Crippen LogP contribution in [0.15, 0.2) is 28.8 Å². The van der Waals surface area contributed by atoms with Crippen LogP contribution in [0.3, 0.4) is 0 Å². The maximum atomic E-state index is 12.6. The van der Waals surface area contributed by atoms with Gasteiger partial charge in [-0.25, -0.2) is 4.79 Å². The van der Waals surface area contributed by atoms with E-state index in [1.54, 1.807) is 0 Å². The minimum atomic E-state index is -0.0187. The largest absolute Gasteiger partial charge is 0.491 e. The van der Waals surface area contributed by atoms with Gasteiger partial charge in [-0.2, -0.15) is 4.98 Å². The van der Waals surface area contributed by atoms with Crippen LogP contribution >= 0.6 is 0 Å². The van der Waals surface area contributed by atoms with Crippen LogP contribution in [0.5, 0.6) is 5.75 Å². The summed E-state index contributed by atoms with van der Waals surface area (Å²) in [4.78, 5) is 19.0. The smallest absolute Gasteiger partial charge is 0.317 e. The lowest BCUT2D eigenvalue weighted by molar-refractivity contribution is 0.163. The van der Waals surface area contributed by atoms with Gasteiger partial charge in [0, 0.05) is 24.9 Å². The third kappa shape index (κ3) is 3.91. The highest BCUT2D eigenvalue weighted by atomic mass is 16.5. The maximum absolute atomic E-state index is 12.6. The Bertz CT molecular complexity index is 796. The molecule has 1 saturated heterocycles. The molecule has 7 heteroatoms. The minimum Gasteiger partial charge on any atom is -0.491 e. The number of nitrogens with one attached hydrogen (secondary N) is 1. The van der Waals surface area contributed by atoms with Crippen LogP contribution in [-0.4, -0.2) is 46.8 Å². The molecule has 4 rings (SSSR count). The van der Waals surface area contributed by atoms with E-state index in [0.717, 1.165) is 36.4 Å². The van der Waals surface area contributed by atoms with Crippen LogP contribution in [0.1, 0.15) is 55.8 Å². The Morgan fingerprint density at radius 2 is 2.04 bits per heavy atom. The number of likely N-dealkylation sites (tertiary alicyclic amines) is 1. The van der Waals surface area contributed by atoms with Gasteiger partial charge in [-0.15, -0.1) is 0 Å². The first kappa shape index (κ1) is 17.8. The molecule has 1 fully saturated rings. The van der Waals surface area contributed by atoms with Crippen molar-refractivity contribution < 1.29 is 14.1 Å². The number of urea groups is 1. The number of aromatic nitrogens is 2. The van der Waals surface area contributed by atoms with Gasteiger partial charge in [0.25, 0.3) is 0 Å². The summed E-state index contributed by atoms with van der Waals surface area (Å²) in [7, 11) is 0. The number of hydrogen-bond donors (Lipinski definition) is 1. The van der Waals surface area contributed by atoms with Gasteiger partial charge in [0.15, 0.2) is 5.82 Å². The second kappa shape index (κ2) is 7.58. The molecule has 1 N–H and O–H groups in total. The van der Waals surface area contributed by atoms with Crippen molar-refractivity contribution in [3.8, 4) is 5.75 Å². The summed E-state index contributed by atoms with van der Waals surface area (Å²) in [5.41, 5.74) is 1.14. The lowest BCUT2D eigenvalue weighted by atomic mass is 9.97. The fraction of sp³-hybridized carbons (Fsp3) is 0.550. The molecule has 144 valence electrons. The first-order valence-electron chi connectivity index (χ1n) is 9.70. The zero-order valence-electron chi connectivity index (χ0n) is 15.9. The van der Waals surface area contributed by atoms with Crippen LogP contribution < -0.4 is 10.1 Å². The van der Waals surface area contributed by atoms with Crippen molar-refractivity contribution in [1.82, 2.24) is 20.4 Å². The van der Waals surface area contributed by atoms with E-state index in [1.807, 2.05) is 23.1 Å². The molecule has 2 aliphatic heterocycles. The van der Waals surface area contributed by atoms with Gasteiger partial charge < -0.3 is 19.5 Å². The number of nitrogens with zero attached hydrogens (tertiary/aromatic N) is 3. The van der Waals surface area contributed by atoms with Crippen molar-refractivity contribution in [3.05, 3.63) is 41.5 Å². The van der Waals surface area contributed by atoms with E-state index in [2.05, 4.69) is 35.4 Å². The highest BCUT2D eigenvalue weighted by Gasteiger charge is 2.29. The first-order valence-corrected chi connectivity index (χ1v) is 9.70. The molecular weight excluding hydrogens is 344 g/mol. The Morgan fingerprint density at radius 1 is 1.26 bits per heavy atom. The number of carbonyl (C=O) groups is 1. The zero-order chi connectivity index (χ0) is 18.8. The third-order valence-electron chi connectivity index (χ3n) is 5.31. The third-order valence-corrected chi connectivity index (χ3v) is 5.31. The molecule has 0 unspecified atom stereocenters. The van der Waals surface area contributed by atoms with E-state index in [-0.39, 0.29) is 23.9 Å². The Labute approximate surface area is 159 Å². The van der Waals surface area contributed by atoms with Gasteiger partial charge in [-0.05, 0) is 30.9 Å². The summed E-state index contributed by atoms with van der Waals surface area (Å²) >= 11 is 0. The summed E-state index contributed by atoms with van der Waals surface area (Å²) in [6.45, 7) is 6.00. The molecule has 1 atom stereocenters. The SMILES string of the molecule is CC(C)c1noc(C2CCN(C(=O)N[C@H]3COc4ccccc4C3)CC2)n1. The number of hydrogen-bond acceptors (Lipinski definition) is 5. The molecule has 0 radical (unpaired) electrons. The fourth-order valence-corrected chi connectivity index (χ4v) is 3.66. The summed E-state index contributed by atoms with van der Waals surface area (Å²) in [6.07, 6.45) is 2.49. The molecule has 3 heterocycles. The van der Waals surface area contributed by atoms with Gasteiger partial charge in [0.2, 0.25) is 5.89 Å². The molecule has 0 aliphatic carbocycles. The number of fused-ring (bicyclic) bond motifs is 1. The molecule has 27 heavy (non-hydrogen) atoms. The lowest BCUT2D eigenvalue weighted by Crippen LogP contribution is -2.50. The molecule has 1 aromatic heterocycles. The van der Waals surface area contributed by atoms with Crippen molar-refractivity contribution in [2.75, 3.05) is 19.7 Å². The summed E-state index contributed by atoms with van der Waals surface area (Å²) < 4.78 is 11.2. The highest BCUT2D eigenvalue weighted by molar-refractivity contribution is 5.74. The molecule has 2 aliphatic rings. The number of ether oxygens (including phenoxy) is 1. The molecule has 0 bridgehead atoms. The standard InChI is InChI=1S/C20H26N4O3/c1-13(2)18-22-19(27-23-18)14-7-9-24(10-8-14)20(25)21-16-11-15-5-3-4-6-17(15)26-12-16/h3-6,13-14,16H,7-12H2,1-2H3,(H,21,25)/t16-/m1/s1. The molecule has 1 aromatic carbocycles. The number of amides is 2. The Morgan fingerprint density at radius 3 is 2.78 bits per heavy atom. The zero-order valence-corrected chi connectivity index (χ0v) is 15.9. The minimum absolute atomic E-state index is 0.00895. The summed E-state index contributed by atoms with van der Waals surface area (Å²) in [5, 5.41) is 7.16. The normalized spacial score (nSPS) is 20.3. The van der Waals surface area contributed by atoms with Gasteiger partial charge in [-0.3, -0.25) is 0 Å². The van der Waals surface area contributed by atoms with E-state index in [1.165, 1.54) is 0 Å². The molecule has 7 nitrogen and oxygen atoms in total. The average molecular weight is 370 g/mol. The fourth-order valence-electron chi connectivity index (χ4n) is 3.66. The van der Waals surface area contributed by atoms with E-state index in [4.69, 9.17) is 9.26 Å². The topological polar surface area (TPSA) is 80.5 Å². The Kier molecular flexibility index (Phi) is 5.01. The first-order chi connectivity index (χ1) is 13.1. The van der Waals surface area contributed by atoms with Crippen molar-refractivity contribution in [1.29, 1.82) is 0 Å². The van der Waals surface area contributed by atoms with Crippen molar-refractivity contribution in [3.63, 3.8) is 0 Å². The van der Waals surface area contributed by atoms with Crippen LogP contribution in [0, 0.1) is 0 Å². The molecule has 2 aromatic rings. The number of piperidine rings is 1. The second-order valence-electron chi connectivity index (χ2n) is 7.68. The Hall–Kier alpha value is -2.57. The number of para-hydroxylation sites is 1. The van der Waals surface area contributed by atoms with Gasteiger partial charge in [0.1, 0.15) is 12.4 Å². The van der Waals surface area contributed by atoms with E-state index >= 15 is 0 Å². The van der Waals surface area contributed by atoms with Crippen LogP contribution in [0.2, 0.25) is 0 Å². The highest BCUT2D eigenvalue weighted by Crippen LogP contribution is 2.28. The molecule has 0 spiro atoms. The molecule has 2 amide bonds. The number of rotatable bonds is 3. The van der Waals surface area contributed by atoms with Crippen LogP contribution in [0.4, 0.5) is 4.79 Å². The molecular formula is C20H26N4O3. The predicted molar refractivity (Wildman–Crippen MR) is 99.9 cm³/mol. The van der Waals surface area contributed by atoms with Gasteiger partial charge in [0.05, 0.1) is 6.04 Å². The lowest BCUT2D eigenvalue weighted by Gasteiger charge is -2.33. The predicted octanol–water partition coefficient (Wildman–Crippen LogP) is 3.09. The van der Waals surface area contributed by atoms with Crippen LogP contribution in [-0.2, 0) is 6.42 Å². The average Bonchev–Trinajstić information content (AvgIpc) is 3.18. The van der Waals surface area contributed by atoms with E-state index in [9.17, 15) is 4.79 Å². The Balaban J connectivity index is 1.29. The monoisotopic (exact) mass is 370 g/mol. The van der Waals surface area contributed by atoms with Gasteiger partial charge in [-0.1, -0.05) is 37.2 Å². The number of benzene rings is 1. The number of carbonyl (C=O) groups excluding carboxylic acids is 1. The van der Waals surface area contributed by atoms with Crippen LogP contribution in [0.25, 0.3) is 0 Å². The van der Waals surface area contributed by atoms with Crippen molar-refractivity contribution in [2.45, 2.75) is 51.0 Å². The second-order valence-corrected chi connectivity index (χ2v) is 7.68. The van der Waals surface area contributed by atoms with Gasteiger partial charge >= 0.3 is 6.03 Å². The van der Waals surface area contributed by atoms with Crippen molar-refractivity contribution >= 4 is 6.03 Å². The summed E-state index contributed by atoms with van der Waals surface area (Å²) in [6, 6.07) is 7.98. The van der Waals surface area contributed by atoms with Crippen molar-refractivity contribution in [2.24, 2.45) is 0 Å². The van der Waals surface area contributed by atoms with E-state index < -0.39 is 0 Å². The summed E-state index contributed by atoms with van der Waals surface area (Å²) in [5.74, 6) is 2.87.